The van der Waals surface area contributed by atoms with Crippen LogP contribution in [0.2, 0.25) is 0 Å². The van der Waals surface area contributed by atoms with E-state index in [1.165, 1.54) is 340 Å². The van der Waals surface area contributed by atoms with E-state index in [0.29, 0.717) is 17.4 Å². The molecular weight excluding hydrogens is 1120 g/mol. The second kappa shape index (κ2) is 70.8. The van der Waals surface area contributed by atoms with Crippen LogP contribution >= 0.6 is 7.82 Å². The van der Waals surface area contributed by atoms with Gasteiger partial charge in [-0.15, -0.1) is 0 Å². The first-order valence-electron chi connectivity index (χ1n) is 39.5. The maximum absolute atomic E-state index is 13.1. The van der Waals surface area contributed by atoms with Crippen molar-refractivity contribution in [2.75, 3.05) is 40.9 Å². The first-order chi connectivity index (χ1) is 43.5. The highest BCUT2D eigenvalue weighted by molar-refractivity contribution is 7.47. The van der Waals surface area contributed by atoms with E-state index in [1.54, 1.807) is 6.08 Å². The Hall–Kier alpha value is -1.54. The molecule has 8 nitrogen and oxygen atoms in total. The largest absolute Gasteiger partial charge is 0.472 e. The van der Waals surface area contributed by atoms with Crippen LogP contribution in [0.5, 0.6) is 0 Å². The molecule has 0 saturated carbocycles. The van der Waals surface area contributed by atoms with Crippen LogP contribution in [0.25, 0.3) is 0 Å². The van der Waals surface area contributed by atoms with E-state index in [4.69, 9.17) is 9.05 Å². The van der Waals surface area contributed by atoms with Gasteiger partial charge in [-0.25, -0.2) is 4.57 Å². The SMILES string of the molecule is CCCCCCCCCC/C=C\CCCCCCCCCCCCCCCCCCCCCCCCCCCC(=O)NC(COP(=O)(O)OCC[N+](C)(C)C)C(O)/C=C/CC/C=C/CC/C=C/CCCCCCCCCCCCCCCCCCCCCC. The molecule has 0 rings (SSSR count). The highest BCUT2D eigenvalue weighted by atomic mass is 31.2. The minimum Gasteiger partial charge on any atom is -0.387 e. The molecule has 0 saturated heterocycles. The summed E-state index contributed by atoms with van der Waals surface area (Å²) in [5.41, 5.74) is 0. The van der Waals surface area contributed by atoms with E-state index in [2.05, 4.69) is 55.6 Å². The molecule has 0 bridgehead atoms. The molecule has 0 aromatic heterocycles. The van der Waals surface area contributed by atoms with Crippen LogP contribution in [0.3, 0.4) is 0 Å². The number of unbranched alkanes of at least 4 members (excludes halogenated alkanes) is 55. The second-order valence-corrected chi connectivity index (χ2v) is 29.9. The average molecular weight is 1270 g/mol. The second-order valence-electron chi connectivity index (χ2n) is 28.4. The quantitative estimate of drug-likeness (QED) is 0.0243. The van der Waals surface area contributed by atoms with E-state index >= 15 is 0 Å². The number of nitrogens with one attached hydrogen (secondary N) is 1. The lowest BCUT2D eigenvalue weighted by atomic mass is 10.0. The number of phosphoric ester groups is 1. The van der Waals surface area contributed by atoms with Gasteiger partial charge in [-0.05, 0) is 70.6 Å². The number of hydrogen-bond donors (Lipinski definition) is 3. The molecule has 0 aliphatic carbocycles. The molecule has 0 heterocycles. The van der Waals surface area contributed by atoms with Gasteiger partial charge in [-0.1, -0.05) is 377 Å². The van der Waals surface area contributed by atoms with Gasteiger partial charge in [-0.3, -0.25) is 13.8 Å². The van der Waals surface area contributed by atoms with E-state index in [0.717, 1.165) is 44.9 Å². The molecule has 3 N–H and O–H groups in total. The molecule has 3 atom stereocenters. The lowest BCUT2D eigenvalue weighted by Crippen LogP contribution is -2.45. The first kappa shape index (κ1) is 87.5. The van der Waals surface area contributed by atoms with E-state index < -0.39 is 20.0 Å². The number of hydrogen-bond acceptors (Lipinski definition) is 5. The monoisotopic (exact) mass is 1270 g/mol. The minimum absolute atomic E-state index is 0.0548. The molecule has 89 heavy (non-hydrogen) atoms. The van der Waals surface area contributed by atoms with Crippen LogP contribution in [0.1, 0.15) is 406 Å². The summed E-state index contributed by atoms with van der Waals surface area (Å²) in [4.78, 5) is 23.5. The molecule has 1 amide bonds. The molecule has 0 radical (unpaired) electrons. The summed E-state index contributed by atoms with van der Waals surface area (Å²) in [6.07, 6.45) is 97.5. The van der Waals surface area contributed by atoms with Crippen LogP contribution in [0.4, 0.5) is 0 Å². The van der Waals surface area contributed by atoms with Crippen LogP contribution in [0, 0.1) is 0 Å². The summed E-state index contributed by atoms with van der Waals surface area (Å²) in [7, 11) is 1.56. The number of amides is 1. The zero-order valence-electron chi connectivity index (χ0n) is 60.5. The number of carbonyl (C=O) groups is 1. The van der Waals surface area contributed by atoms with E-state index in [9.17, 15) is 19.4 Å². The average Bonchev–Trinajstić information content (AvgIpc) is 3.57. The third kappa shape index (κ3) is 73.7. The fourth-order valence-electron chi connectivity index (χ4n) is 12.1. The van der Waals surface area contributed by atoms with Crippen LogP contribution in [0.15, 0.2) is 48.6 Å². The summed E-state index contributed by atoms with van der Waals surface area (Å²) >= 11 is 0. The Balaban J connectivity index is 4.00. The van der Waals surface area contributed by atoms with Gasteiger partial charge >= 0.3 is 7.82 Å². The molecular formula is C80H156N2O6P+. The molecule has 0 fully saturated rings. The Labute approximate surface area is 556 Å². The first-order valence-corrected chi connectivity index (χ1v) is 41.0. The van der Waals surface area contributed by atoms with Crippen LogP contribution < -0.4 is 5.32 Å². The maximum Gasteiger partial charge on any atom is 0.472 e. The van der Waals surface area contributed by atoms with Crippen molar-refractivity contribution in [3.63, 3.8) is 0 Å². The molecule has 3 unspecified atom stereocenters. The molecule has 0 aliphatic rings. The number of rotatable bonds is 74. The number of phosphoric acid groups is 1. The van der Waals surface area contributed by atoms with Crippen molar-refractivity contribution >= 4 is 13.7 Å². The van der Waals surface area contributed by atoms with Crippen molar-refractivity contribution in [1.82, 2.24) is 5.32 Å². The van der Waals surface area contributed by atoms with E-state index in [1.807, 2.05) is 27.2 Å². The fourth-order valence-corrected chi connectivity index (χ4v) is 12.9. The molecule has 0 aliphatic heterocycles. The molecule has 9 heteroatoms. The lowest BCUT2D eigenvalue weighted by Gasteiger charge is -2.25. The number of aliphatic hydroxyl groups is 1. The number of aliphatic hydroxyl groups excluding tert-OH is 1. The summed E-state index contributed by atoms with van der Waals surface area (Å²) < 4.78 is 23.8. The van der Waals surface area contributed by atoms with Crippen molar-refractivity contribution in [3.8, 4) is 0 Å². The van der Waals surface area contributed by atoms with Crippen LogP contribution in [-0.2, 0) is 18.4 Å². The van der Waals surface area contributed by atoms with Crippen molar-refractivity contribution in [2.24, 2.45) is 0 Å². The summed E-state index contributed by atoms with van der Waals surface area (Å²) in [6, 6.07) is -0.871. The third-order valence-corrected chi connectivity index (χ3v) is 19.2. The predicted octanol–water partition coefficient (Wildman–Crippen LogP) is 25.7. The third-order valence-electron chi connectivity index (χ3n) is 18.2. The maximum atomic E-state index is 13.1. The van der Waals surface area contributed by atoms with Crippen molar-refractivity contribution in [2.45, 2.75) is 418 Å². The standard InChI is InChI=1S/C80H155N2O6P/c1-6-8-10-12-14-16-18-20-22-24-26-28-30-32-34-36-38-39-40-41-42-43-44-46-48-50-52-54-56-58-60-62-64-66-68-70-72-74-80(84)81-78(77-88-89(85,86)87-76-75-82(3,4)5)79(83)73-71-69-67-65-63-61-59-57-55-53-51-49-47-45-37-35-33-31-29-27-25-23-21-19-17-15-13-11-9-7-2/h24,26,55,57,63,65,71,73,78-79,83H,6-23,25,27-54,56,58-62,64,66-70,72,74-77H2,1-5H3,(H-,81,84,85,86)/p+1/b26-24-,57-55+,65-63+,73-71+. The Kier molecular flexibility index (Phi) is 69.5. The zero-order chi connectivity index (χ0) is 64.8. The molecule has 0 aromatic carbocycles. The van der Waals surface area contributed by atoms with Gasteiger partial charge < -0.3 is 19.8 Å². The Bertz CT molecular complexity index is 1590. The predicted molar refractivity (Wildman–Crippen MR) is 392 cm³/mol. The number of quaternary nitrogens is 1. The number of nitrogens with zero attached hydrogens (tertiary/aromatic N) is 1. The smallest absolute Gasteiger partial charge is 0.387 e. The van der Waals surface area contributed by atoms with Crippen molar-refractivity contribution in [3.05, 3.63) is 48.6 Å². The van der Waals surface area contributed by atoms with Gasteiger partial charge in [0.05, 0.1) is 39.9 Å². The van der Waals surface area contributed by atoms with Gasteiger partial charge in [0, 0.05) is 6.42 Å². The minimum atomic E-state index is -4.37. The highest BCUT2D eigenvalue weighted by Gasteiger charge is 2.28. The lowest BCUT2D eigenvalue weighted by molar-refractivity contribution is -0.870. The van der Waals surface area contributed by atoms with E-state index in [-0.39, 0.29) is 19.1 Å². The zero-order valence-corrected chi connectivity index (χ0v) is 61.3. The molecule has 0 aromatic rings. The van der Waals surface area contributed by atoms with Crippen LogP contribution in [-0.4, -0.2) is 73.4 Å². The number of carbonyl (C=O) groups excluding carboxylic acids is 1. The normalized spacial score (nSPS) is 13.7. The van der Waals surface area contributed by atoms with Crippen molar-refractivity contribution < 1.29 is 32.9 Å². The van der Waals surface area contributed by atoms with Gasteiger partial charge in [0.1, 0.15) is 13.2 Å². The van der Waals surface area contributed by atoms with Gasteiger partial charge in [-0.2, -0.15) is 0 Å². The summed E-state index contributed by atoms with van der Waals surface area (Å²) in [6.45, 7) is 4.85. The fraction of sp³-hybridized carbons (Fsp3) is 0.887. The summed E-state index contributed by atoms with van der Waals surface area (Å²) in [5, 5.41) is 14.0. The topological polar surface area (TPSA) is 105 Å². The highest BCUT2D eigenvalue weighted by Crippen LogP contribution is 2.43. The Morgan fingerprint density at radius 2 is 0.618 bits per heavy atom. The Morgan fingerprint density at radius 1 is 0.371 bits per heavy atom. The van der Waals surface area contributed by atoms with Gasteiger partial charge in [0.25, 0.3) is 0 Å². The Morgan fingerprint density at radius 3 is 0.899 bits per heavy atom. The molecule has 526 valence electrons. The van der Waals surface area contributed by atoms with Gasteiger partial charge in [0.15, 0.2) is 0 Å². The summed E-state index contributed by atoms with van der Waals surface area (Å²) in [5.74, 6) is -0.183. The van der Waals surface area contributed by atoms with Gasteiger partial charge in [0.2, 0.25) is 5.91 Å². The molecule has 0 spiro atoms. The van der Waals surface area contributed by atoms with Crippen molar-refractivity contribution in [1.29, 1.82) is 0 Å². The number of likely N-dealkylation sites (N-methyl/N-ethyl adjacent to an activating group) is 1. The number of allylic oxidation sites excluding steroid dienone is 7.